The van der Waals surface area contributed by atoms with Crippen molar-refractivity contribution in [1.29, 1.82) is 0 Å². The predicted molar refractivity (Wildman–Crippen MR) is 63.4 cm³/mol. The third-order valence-electron chi connectivity index (χ3n) is 2.47. The van der Waals surface area contributed by atoms with Gasteiger partial charge < -0.3 is 14.9 Å². The van der Waals surface area contributed by atoms with Gasteiger partial charge in [0.15, 0.2) is 17.3 Å². The molecule has 0 atom stereocenters. The Labute approximate surface area is 99.6 Å². The molecule has 1 aliphatic rings. The van der Waals surface area contributed by atoms with Crippen molar-refractivity contribution in [3.63, 3.8) is 0 Å². The Kier molecular flexibility index (Phi) is 2.12. The Balaban J connectivity index is 2.46. The van der Waals surface area contributed by atoms with E-state index >= 15 is 0 Å². The van der Waals surface area contributed by atoms with Crippen LogP contribution in [-0.4, -0.2) is 11.8 Å². The summed E-state index contributed by atoms with van der Waals surface area (Å²) in [5, 5.41) is 1.80. The lowest BCUT2D eigenvalue weighted by Gasteiger charge is -2.08. The maximum Gasteiger partial charge on any atom is 0.231 e. The topological polar surface area (TPSA) is 69.4 Å². The van der Waals surface area contributed by atoms with Crippen LogP contribution in [0.15, 0.2) is 22.8 Å². The standard InChI is InChI=1S/C10H8BrN3O2/c11-6-3-7-9(16-4-15-7)8-5(6)1-2-13-10(8)14-12/h1-3H,4,12H2,(H,13,14). The molecule has 82 valence electrons. The minimum atomic E-state index is 0.222. The molecule has 2 heterocycles. The lowest BCUT2D eigenvalue weighted by molar-refractivity contribution is 0.175. The predicted octanol–water partition coefficient (Wildman–Crippen LogP) is 2.01. The zero-order valence-corrected chi connectivity index (χ0v) is 9.74. The summed E-state index contributed by atoms with van der Waals surface area (Å²) in [6.45, 7) is 0.222. The van der Waals surface area contributed by atoms with Gasteiger partial charge in [0.05, 0.1) is 5.39 Å². The molecule has 5 nitrogen and oxygen atoms in total. The van der Waals surface area contributed by atoms with Gasteiger partial charge in [-0.3, -0.25) is 0 Å². The molecule has 0 radical (unpaired) electrons. The highest BCUT2D eigenvalue weighted by molar-refractivity contribution is 9.10. The lowest BCUT2D eigenvalue weighted by Crippen LogP contribution is -2.09. The van der Waals surface area contributed by atoms with Crippen LogP contribution in [-0.2, 0) is 0 Å². The van der Waals surface area contributed by atoms with Crippen LogP contribution in [0.3, 0.4) is 0 Å². The molecule has 0 aliphatic carbocycles. The van der Waals surface area contributed by atoms with Gasteiger partial charge in [0.25, 0.3) is 0 Å². The average Bonchev–Trinajstić information content (AvgIpc) is 2.76. The number of nitrogens with one attached hydrogen (secondary N) is 1. The molecule has 0 unspecified atom stereocenters. The number of nitrogens with zero attached hydrogens (tertiary/aromatic N) is 1. The first-order valence-corrected chi connectivity index (χ1v) is 5.44. The van der Waals surface area contributed by atoms with Gasteiger partial charge in [0.2, 0.25) is 6.79 Å². The minimum absolute atomic E-state index is 0.222. The van der Waals surface area contributed by atoms with Crippen molar-refractivity contribution in [2.24, 2.45) is 5.84 Å². The first kappa shape index (κ1) is 9.68. The van der Waals surface area contributed by atoms with Crippen LogP contribution >= 0.6 is 15.9 Å². The number of aromatic nitrogens is 1. The molecule has 16 heavy (non-hydrogen) atoms. The number of pyridine rings is 1. The zero-order valence-electron chi connectivity index (χ0n) is 8.16. The van der Waals surface area contributed by atoms with Crippen LogP contribution in [0, 0.1) is 0 Å². The largest absolute Gasteiger partial charge is 0.454 e. The van der Waals surface area contributed by atoms with Gasteiger partial charge in [-0.1, -0.05) is 15.9 Å². The summed E-state index contributed by atoms with van der Waals surface area (Å²) in [5.74, 6) is 7.38. The van der Waals surface area contributed by atoms with E-state index in [0.717, 1.165) is 15.2 Å². The second-order valence-electron chi connectivity index (χ2n) is 3.32. The van der Waals surface area contributed by atoms with Gasteiger partial charge in [-0.15, -0.1) is 0 Å². The van der Waals surface area contributed by atoms with Gasteiger partial charge in [0, 0.05) is 16.1 Å². The Morgan fingerprint density at radius 1 is 1.44 bits per heavy atom. The lowest BCUT2D eigenvalue weighted by atomic mass is 10.1. The molecule has 3 rings (SSSR count). The van der Waals surface area contributed by atoms with E-state index in [4.69, 9.17) is 15.3 Å². The van der Waals surface area contributed by atoms with Crippen molar-refractivity contribution in [3.05, 3.63) is 22.8 Å². The fourth-order valence-electron chi connectivity index (χ4n) is 1.78. The normalized spacial score (nSPS) is 13.1. The number of halogens is 1. The van der Waals surface area contributed by atoms with Crippen LogP contribution in [0.5, 0.6) is 11.5 Å². The fraction of sp³-hybridized carbons (Fsp3) is 0.100. The van der Waals surface area contributed by atoms with Gasteiger partial charge in [0.1, 0.15) is 0 Å². The molecular formula is C10H8BrN3O2. The summed E-state index contributed by atoms with van der Waals surface area (Å²) in [4.78, 5) is 4.15. The van der Waals surface area contributed by atoms with Crippen LogP contribution in [0.1, 0.15) is 0 Å². The molecular weight excluding hydrogens is 274 g/mol. The maximum absolute atomic E-state index is 5.44. The van der Waals surface area contributed by atoms with Gasteiger partial charge in [-0.2, -0.15) is 0 Å². The van der Waals surface area contributed by atoms with Crippen molar-refractivity contribution in [3.8, 4) is 11.5 Å². The van der Waals surface area contributed by atoms with E-state index in [1.165, 1.54) is 0 Å². The van der Waals surface area contributed by atoms with E-state index in [1.807, 2.05) is 12.1 Å². The van der Waals surface area contributed by atoms with Gasteiger partial charge >= 0.3 is 0 Å². The molecule has 1 aliphatic heterocycles. The highest BCUT2D eigenvalue weighted by atomic mass is 79.9. The number of nitrogen functional groups attached to an aromatic ring is 1. The molecule has 0 saturated heterocycles. The van der Waals surface area contributed by atoms with E-state index in [9.17, 15) is 0 Å². The molecule has 1 aromatic heterocycles. The molecule has 2 aromatic rings. The first-order chi connectivity index (χ1) is 7.81. The summed E-state index contributed by atoms with van der Waals surface area (Å²) in [6, 6.07) is 3.77. The number of hydrogen-bond donors (Lipinski definition) is 2. The second kappa shape index (κ2) is 3.50. The molecule has 0 spiro atoms. The number of nitrogens with two attached hydrogens (primary N) is 1. The van der Waals surface area contributed by atoms with Crippen LogP contribution in [0.25, 0.3) is 10.8 Å². The Morgan fingerprint density at radius 2 is 2.31 bits per heavy atom. The Morgan fingerprint density at radius 3 is 3.12 bits per heavy atom. The van der Waals surface area contributed by atoms with Crippen molar-refractivity contribution in [2.75, 3.05) is 12.2 Å². The summed E-state index contributed by atoms with van der Waals surface area (Å²) in [6.07, 6.45) is 1.69. The van der Waals surface area contributed by atoms with Crippen molar-refractivity contribution in [2.45, 2.75) is 0 Å². The van der Waals surface area contributed by atoms with Crippen molar-refractivity contribution < 1.29 is 9.47 Å². The number of fused-ring (bicyclic) bond motifs is 3. The molecule has 1 aromatic carbocycles. The number of rotatable bonds is 1. The van der Waals surface area contributed by atoms with Crippen LogP contribution in [0.2, 0.25) is 0 Å². The van der Waals surface area contributed by atoms with Gasteiger partial charge in [-0.25, -0.2) is 10.8 Å². The molecule has 3 N–H and O–H groups in total. The Bertz CT molecular complexity index is 573. The summed E-state index contributed by atoms with van der Waals surface area (Å²) in [5.41, 5.74) is 2.56. The fourth-order valence-corrected chi connectivity index (χ4v) is 2.32. The van der Waals surface area contributed by atoms with Crippen molar-refractivity contribution >= 4 is 32.5 Å². The van der Waals surface area contributed by atoms with E-state index in [2.05, 4.69) is 26.3 Å². The second-order valence-corrected chi connectivity index (χ2v) is 4.17. The molecule has 0 fully saturated rings. The summed E-state index contributed by atoms with van der Waals surface area (Å²) >= 11 is 3.48. The zero-order chi connectivity index (χ0) is 11.1. The van der Waals surface area contributed by atoms with Crippen LogP contribution < -0.4 is 20.7 Å². The summed E-state index contributed by atoms with van der Waals surface area (Å²) < 4.78 is 11.7. The SMILES string of the molecule is NNc1nccc2c(Br)cc3c(c12)OCO3. The smallest absolute Gasteiger partial charge is 0.231 e. The maximum atomic E-state index is 5.44. The number of hydrogen-bond acceptors (Lipinski definition) is 5. The highest BCUT2D eigenvalue weighted by Gasteiger charge is 2.21. The molecule has 0 bridgehead atoms. The number of ether oxygens (including phenoxy) is 2. The van der Waals surface area contributed by atoms with E-state index in [0.29, 0.717) is 17.3 Å². The van der Waals surface area contributed by atoms with Gasteiger partial charge in [-0.05, 0) is 12.1 Å². The first-order valence-electron chi connectivity index (χ1n) is 4.64. The molecule has 0 amide bonds. The molecule has 0 saturated carbocycles. The quantitative estimate of drug-likeness (QED) is 0.618. The highest BCUT2D eigenvalue weighted by Crippen LogP contribution is 2.44. The minimum Gasteiger partial charge on any atom is -0.454 e. The van der Waals surface area contributed by atoms with E-state index < -0.39 is 0 Å². The van der Waals surface area contributed by atoms with E-state index in [-0.39, 0.29) is 6.79 Å². The van der Waals surface area contributed by atoms with Crippen LogP contribution in [0.4, 0.5) is 5.82 Å². The van der Waals surface area contributed by atoms with Crippen molar-refractivity contribution in [1.82, 2.24) is 4.98 Å². The molecule has 6 heteroatoms. The van der Waals surface area contributed by atoms with E-state index in [1.54, 1.807) is 6.20 Å². The Hall–Kier alpha value is -1.53. The number of hydrazine groups is 1. The average molecular weight is 282 g/mol. The third kappa shape index (κ3) is 1.23. The number of benzene rings is 1. The monoisotopic (exact) mass is 281 g/mol. The summed E-state index contributed by atoms with van der Waals surface area (Å²) in [7, 11) is 0. The third-order valence-corrected chi connectivity index (χ3v) is 3.13. The number of anilines is 1.